The van der Waals surface area contributed by atoms with Crippen LogP contribution < -0.4 is 5.56 Å². The number of pyridine rings is 1. The lowest BCUT2D eigenvalue weighted by Crippen LogP contribution is -2.16. The number of H-pyrrole nitrogens is 1. The molecule has 2 rings (SSSR count). The van der Waals surface area contributed by atoms with Crippen molar-refractivity contribution < 1.29 is 18.3 Å². The lowest BCUT2D eigenvalue weighted by atomic mass is 10.3. The molecule has 112 valence electrons. The second kappa shape index (κ2) is 5.94. The van der Waals surface area contributed by atoms with E-state index in [1.807, 2.05) is 0 Å². The summed E-state index contributed by atoms with van der Waals surface area (Å²) in [5.41, 5.74) is -1.90. The van der Waals surface area contributed by atoms with E-state index in [0.29, 0.717) is 6.07 Å². The molecular formula is C11H7ClF3N3O2S. The highest BCUT2D eigenvalue weighted by molar-refractivity contribution is 7.98. The second-order valence-corrected chi connectivity index (χ2v) is 5.21. The summed E-state index contributed by atoms with van der Waals surface area (Å²) in [4.78, 5) is 20.4. The van der Waals surface area contributed by atoms with Crippen molar-refractivity contribution >= 4 is 23.4 Å². The van der Waals surface area contributed by atoms with Crippen LogP contribution in [0.25, 0.3) is 0 Å². The number of alkyl halides is 3. The number of aromatic hydroxyl groups is 1. The van der Waals surface area contributed by atoms with Crippen molar-refractivity contribution in [2.24, 2.45) is 0 Å². The number of nitrogens with one attached hydrogen (secondary N) is 1. The number of hydrogen-bond donors (Lipinski definition) is 2. The van der Waals surface area contributed by atoms with Gasteiger partial charge in [0.1, 0.15) is 5.75 Å². The van der Waals surface area contributed by atoms with Crippen LogP contribution in [-0.4, -0.2) is 20.1 Å². The topological polar surface area (TPSA) is 78.9 Å². The molecule has 0 bridgehead atoms. The minimum Gasteiger partial charge on any atom is -0.506 e. The molecule has 0 aliphatic rings. The van der Waals surface area contributed by atoms with Gasteiger partial charge in [0.05, 0.1) is 11.2 Å². The Labute approximate surface area is 125 Å². The summed E-state index contributed by atoms with van der Waals surface area (Å²) in [6, 6.07) is 0.376. The Morgan fingerprint density at radius 2 is 2.10 bits per heavy atom. The molecule has 2 aromatic rings. The molecule has 2 N–H and O–H groups in total. The van der Waals surface area contributed by atoms with Crippen LogP contribution in [0.1, 0.15) is 11.3 Å². The smallest absolute Gasteiger partial charge is 0.433 e. The van der Waals surface area contributed by atoms with Crippen LogP contribution in [0.2, 0.25) is 5.02 Å². The average Bonchev–Trinajstić information content (AvgIpc) is 2.36. The van der Waals surface area contributed by atoms with Crippen molar-refractivity contribution in [2.75, 3.05) is 0 Å². The van der Waals surface area contributed by atoms with Gasteiger partial charge in [-0.2, -0.15) is 13.2 Å². The summed E-state index contributed by atoms with van der Waals surface area (Å²) < 4.78 is 37.6. The molecule has 2 heterocycles. The van der Waals surface area contributed by atoms with Crippen LogP contribution in [0, 0.1) is 0 Å². The molecular weight excluding hydrogens is 331 g/mol. The first kappa shape index (κ1) is 15.6. The van der Waals surface area contributed by atoms with Gasteiger partial charge < -0.3 is 10.1 Å². The molecule has 0 atom stereocenters. The number of hydrogen-bond acceptors (Lipinski definition) is 5. The Bertz CT molecular complexity index is 700. The number of thioether (sulfide) groups is 1. The molecule has 0 unspecified atom stereocenters. The molecule has 21 heavy (non-hydrogen) atoms. The van der Waals surface area contributed by atoms with E-state index in [1.165, 1.54) is 6.20 Å². The SMILES string of the molecule is O=c1cc(C(F)(F)F)nc(SCc2c(O)cncc2Cl)[nH]1. The fraction of sp³-hybridized carbons (Fsp3) is 0.182. The van der Waals surface area contributed by atoms with Gasteiger partial charge in [0.15, 0.2) is 10.9 Å². The number of rotatable bonds is 3. The standard InChI is InChI=1S/C11H7ClF3N3O2S/c12-6-2-16-3-7(19)5(6)4-21-10-17-8(11(13,14)15)1-9(20)18-10/h1-3,19H,4H2,(H,17,18,20). The Morgan fingerprint density at radius 1 is 1.38 bits per heavy atom. The van der Waals surface area contributed by atoms with E-state index in [4.69, 9.17) is 11.6 Å². The van der Waals surface area contributed by atoms with E-state index in [1.54, 1.807) is 0 Å². The number of nitrogens with zero attached hydrogens (tertiary/aromatic N) is 2. The van der Waals surface area contributed by atoms with Crippen LogP contribution >= 0.6 is 23.4 Å². The molecule has 0 radical (unpaired) electrons. The molecule has 0 aliphatic carbocycles. The van der Waals surface area contributed by atoms with Gasteiger partial charge in [0.25, 0.3) is 5.56 Å². The molecule has 0 saturated carbocycles. The van der Waals surface area contributed by atoms with Gasteiger partial charge in [-0.05, 0) is 0 Å². The van der Waals surface area contributed by atoms with Crippen molar-refractivity contribution in [1.82, 2.24) is 15.0 Å². The Morgan fingerprint density at radius 3 is 2.71 bits per heavy atom. The first-order valence-corrected chi connectivity index (χ1v) is 6.76. The van der Waals surface area contributed by atoms with Crippen molar-refractivity contribution in [3.05, 3.63) is 45.1 Å². The third kappa shape index (κ3) is 3.88. The van der Waals surface area contributed by atoms with Gasteiger partial charge in [-0.25, -0.2) is 4.98 Å². The number of aromatic amines is 1. The lowest BCUT2D eigenvalue weighted by Gasteiger charge is -2.08. The Kier molecular flexibility index (Phi) is 4.43. The van der Waals surface area contributed by atoms with Gasteiger partial charge >= 0.3 is 6.18 Å². The van der Waals surface area contributed by atoms with Gasteiger partial charge in [0, 0.05) is 23.6 Å². The van der Waals surface area contributed by atoms with Gasteiger partial charge in [-0.1, -0.05) is 23.4 Å². The largest absolute Gasteiger partial charge is 0.506 e. The van der Waals surface area contributed by atoms with Crippen LogP contribution in [0.4, 0.5) is 13.2 Å². The quantitative estimate of drug-likeness (QED) is 0.665. The van der Waals surface area contributed by atoms with E-state index in [0.717, 1.165) is 18.0 Å². The zero-order chi connectivity index (χ0) is 15.6. The normalized spacial score (nSPS) is 11.6. The first-order valence-electron chi connectivity index (χ1n) is 5.40. The van der Waals surface area contributed by atoms with Crippen molar-refractivity contribution in [2.45, 2.75) is 17.1 Å². The summed E-state index contributed by atoms with van der Waals surface area (Å²) in [7, 11) is 0. The van der Waals surface area contributed by atoms with E-state index >= 15 is 0 Å². The summed E-state index contributed by atoms with van der Waals surface area (Å²) >= 11 is 6.63. The van der Waals surface area contributed by atoms with E-state index < -0.39 is 17.4 Å². The van der Waals surface area contributed by atoms with Crippen molar-refractivity contribution in [1.29, 1.82) is 0 Å². The zero-order valence-electron chi connectivity index (χ0n) is 10.1. The molecule has 5 nitrogen and oxygen atoms in total. The highest BCUT2D eigenvalue weighted by Crippen LogP contribution is 2.31. The van der Waals surface area contributed by atoms with Gasteiger partial charge in [0.2, 0.25) is 0 Å². The summed E-state index contributed by atoms with van der Waals surface area (Å²) in [6.45, 7) is 0. The number of halogens is 4. The maximum atomic E-state index is 12.5. The highest BCUT2D eigenvalue weighted by Gasteiger charge is 2.33. The first-order chi connectivity index (χ1) is 9.77. The summed E-state index contributed by atoms with van der Waals surface area (Å²) in [5, 5.41) is 9.52. The van der Waals surface area contributed by atoms with Crippen LogP contribution in [0.3, 0.4) is 0 Å². The minimum absolute atomic E-state index is 0.0252. The number of aromatic nitrogens is 3. The Balaban J connectivity index is 2.25. The molecule has 0 spiro atoms. The van der Waals surface area contributed by atoms with Crippen molar-refractivity contribution in [3.8, 4) is 5.75 Å². The van der Waals surface area contributed by atoms with Crippen molar-refractivity contribution in [3.63, 3.8) is 0 Å². The monoisotopic (exact) mass is 337 g/mol. The third-order valence-electron chi connectivity index (χ3n) is 2.35. The molecule has 0 fully saturated rings. The maximum absolute atomic E-state index is 12.5. The molecule has 2 aromatic heterocycles. The Hall–Kier alpha value is -1.74. The lowest BCUT2D eigenvalue weighted by molar-refractivity contribution is -0.141. The average molecular weight is 338 g/mol. The van der Waals surface area contributed by atoms with Crippen LogP contribution in [0.5, 0.6) is 5.75 Å². The van der Waals surface area contributed by atoms with E-state index in [9.17, 15) is 23.1 Å². The van der Waals surface area contributed by atoms with Crippen LogP contribution in [0.15, 0.2) is 28.4 Å². The molecule has 10 heteroatoms. The predicted octanol–water partition coefficient (Wildman–Crippen LogP) is 2.83. The highest BCUT2D eigenvalue weighted by atomic mass is 35.5. The molecule has 0 saturated heterocycles. The van der Waals surface area contributed by atoms with E-state index in [-0.39, 0.29) is 27.2 Å². The molecule has 0 aromatic carbocycles. The van der Waals surface area contributed by atoms with Gasteiger partial charge in [-0.3, -0.25) is 9.78 Å². The van der Waals surface area contributed by atoms with Gasteiger partial charge in [-0.15, -0.1) is 0 Å². The molecule has 0 aliphatic heterocycles. The molecule has 0 amide bonds. The maximum Gasteiger partial charge on any atom is 0.433 e. The van der Waals surface area contributed by atoms with Crippen LogP contribution in [-0.2, 0) is 11.9 Å². The minimum atomic E-state index is -4.71. The summed E-state index contributed by atoms with van der Waals surface area (Å²) in [6.07, 6.45) is -2.26. The third-order valence-corrected chi connectivity index (χ3v) is 3.57. The summed E-state index contributed by atoms with van der Waals surface area (Å²) in [5.74, 6) is -0.165. The predicted molar refractivity (Wildman–Crippen MR) is 70.3 cm³/mol. The fourth-order valence-electron chi connectivity index (χ4n) is 1.38. The second-order valence-electron chi connectivity index (χ2n) is 3.84. The van der Waals surface area contributed by atoms with E-state index in [2.05, 4.69) is 15.0 Å². The zero-order valence-corrected chi connectivity index (χ0v) is 11.7. The fourth-order valence-corrected chi connectivity index (χ4v) is 2.60.